The SMILES string of the molecule is CC(C)(C)OC(=O)NC(=N)c1ccc2cc(C(=O)NC3CCC(NC(=O)OC(C)(C)C)CC3)[nH]c2c1. The molecule has 1 aromatic heterocycles. The van der Waals surface area contributed by atoms with Gasteiger partial charge >= 0.3 is 12.2 Å². The van der Waals surface area contributed by atoms with Crippen LogP contribution in [0.25, 0.3) is 10.9 Å². The smallest absolute Gasteiger partial charge is 0.413 e. The monoisotopic (exact) mass is 499 g/mol. The number of alkyl carbamates (subject to hydrolysis) is 2. The highest BCUT2D eigenvalue weighted by molar-refractivity contribution is 6.07. The molecule has 2 aromatic rings. The Morgan fingerprint density at radius 3 is 2.00 bits per heavy atom. The minimum atomic E-state index is -0.699. The van der Waals surface area contributed by atoms with E-state index in [2.05, 4.69) is 20.9 Å². The van der Waals surface area contributed by atoms with Gasteiger partial charge in [0.15, 0.2) is 0 Å². The maximum Gasteiger partial charge on any atom is 0.413 e. The van der Waals surface area contributed by atoms with Gasteiger partial charge in [0.1, 0.15) is 22.7 Å². The maximum absolute atomic E-state index is 12.8. The lowest BCUT2D eigenvalue weighted by Crippen LogP contribution is -2.45. The van der Waals surface area contributed by atoms with Crippen LogP contribution in [0.4, 0.5) is 9.59 Å². The van der Waals surface area contributed by atoms with Crippen molar-refractivity contribution in [3.63, 3.8) is 0 Å². The van der Waals surface area contributed by atoms with Crippen LogP contribution in [0, 0.1) is 5.41 Å². The average molecular weight is 500 g/mol. The summed E-state index contributed by atoms with van der Waals surface area (Å²) in [6.07, 6.45) is 1.91. The van der Waals surface area contributed by atoms with Crippen LogP contribution in [0.2, 0.25) is 0 Å². The summed E-state index contributed by atoms with van der Waals surface area (Å²) in [6.45, 7) is 10.7. The lowest BCUT2D eigenvalue weighted by Gasteiger charge is -2.30. The molecule has 10 nitrogen and oxygen atoms in total. The second kappa shape index (κ2) is 10.6. The first kappa shape index (κ1) is 27.0. The summed E-state index contributed by atoms with van der Waals surface area (Å²) in [7, 11) is 0. The summed E-state index contributed by atoms with van der Waals surface area (Å²) in [6, 6.07) is 7.01. The predicted octanol–water partition coefficient (Wildman–Crippen LogP) is 4.58. The Morgan fingerprint density at radius 1 is 0.861 bits per heavy atom. The number of ether oxygens (including phenoxy) is 2. The summed E-state index contributed by atoms with van der Waals surface area (Å²) in [5.74, 6) is -0.304. The number of rotatable bonds is 4. The lowest BCUT2D eigenvalue weighted by atomic mass is 9.91. The van der Waals surface area contributed by atoms with E-state index in [1.54, 1.807) is 45.0 Å². The molecule has 3 amide bonds. The van der Waals surface area contributed by atoms with E-state index >= 15 is 0 Å². The molecule has 1 heterocycles. The molecule has 0 atom stereocenters. The van der Waals surface area contributed by atoms with Crippen LogP contribution < -0.4 is 16.0 Å². The predicted molar refractivity (Wildman–Crippen MR) is 137 cm³/mol. The van der Waals surface area contributed by atoms with Crippen LogP contribution in [0.3, 0.4) is 0 Å². The van der Waals surface area contributed by atoms with E-state index in [4.69, 9.17) is 14.9 Å². The summed E-state index contributed by atoms with van der Waals surface area (Å²) < 4.78 is 10.5. The number of carbonyl (C=O) groups is 3. The van der Waals surface area contributed by atoms with Crippen molar-refractivity contribution in [3.8, 4) is 0 Å². The molecule has 5 N–H and O–H groups in total. The van der Waals surface area contributed by atoms with Gasteiger partial charge in [-0.05, 0) is 79.4 Å². The third-order valence-electron chi connectivity index (χ3n) is 5.56. The van der Waals surface area contributed by atoms with Crippen LogP contribution in [0.15, 0.2) is 24.3 Å². The standard InChI is InChI=1S/C26H37N5O5/c1-25(2,3)35-23(33)29-18-11-9-17(10-12-18)28-22(32)20-13-15-7-8-16(14-19(15)30-20)21(27)31-24(34)36-26(4,5)6/h7-8,13-14,17-18,30H,9-12H2,1-6H3,(H,28,32)(H,29,33)(H2,27,31,34). The van der Waals surface area contributed by atoms with Gasteiger partial charge in [-0.3, -0.25) is 15.5 Å². The van der Waals surface area contributed by atoms with E-state index in [9.17, 15) is 14.4 Å². The molecule has 0 unspecified atom stereocenters. The molecular formula is C26H37N5O5. The topological polar surface area (TPSA) is 145 Å². The number of amidine groups is 1. The van der Waals surface area contributed by atoms with Gasteiger partial charge in [0.25, 0.3) is 5.91 Å². The summed E-state index contributed by atoms with van der Waals surface area (Å²) in [4.78, 5) is 39.9. The van der Waals surface area contributed by atoms with Crippen molar-refractivity contribution < 1.29 is 23.9 Å². The minimum absolute atomic E-state index is 0.0161. The van der Waals surface area contributed by atoms with Crippen LogP contribution in [-0.4, -0.2) is 52.2 Å². The Balaban J connectivity index is 1.54. The number of carbonyl (C=O) groups excluding carboxylic acids is 3. The summed E-state index contributed by atoms with van der Waals surface area (Å²) in [5, 5.41) is 17.4. The first-order chi connectivity index (χ1) is 16.7. The largest absolute Gasteiger partial charge is 0.444 e. The van der Waals surface area contributed by atoms with E-state index in [0.29, 0.717) is 16.8 Å². The Labute approximate surface area is 211 Å². The van der Waals surface area contributed by atoms with E-state index in [-0.39, 0.29) is 23.8 Å². The second-order valence-corrected chi connectivity index (χ2v) is 11.2. The molecule has 196 valence electrons. The third kappa shape index (κ3) is 8.00. The van der Waals surface area contributed by atoms with Gasteiger partial charge < -0.3 is 25.1 Å². The quantitative estimate of drug-likeness (QED) is 0.309. The van der Waals surface area contributed by atoms with Gasteiger partial charge in [0, 0.05) is 28.6 Å². The first-order valence-corrected chi connectivity index (χ1v) is 12.2. The molecule has 1 fully saturated rings. The lowest BCUT2D eigenvalue weighted by molar-refractivity contribution is 0.0486. The normalized spacial score (nSPS) is 18.3. The molecule has 3 rings (SSSR count). The summed E-state index contributed by atoms with van der Waals surface area (Å²) >= 11 is 0. The zero-order valence-corrected chi connectivity index (χ0v) is 21.8. The number of nitrogens with one attached hydrogen (secondary N) is 5. The minimum Gasteiger partial charge on any atom is -0.444 e. The van der Waals surface area contributed by atoms with Gasteiger partial charge in [-0.1, -0.05) is 12.1 Å². The van der Waals surface area contributed by atoms with Gasteiger partial charge in [-0.2, -0.15) is 0 Å². The number of aromatic nitrogens is 1. The van der Waals surface area contributed by atoms with Crippen molar-refractivity contribution >= 4 is 34.8 Å². The van der Waals surface area contributed by atoms with Crippen molar-refractivity contribution in [1.29, 1.82) is 5.41 Å². The maximum atomic E-state index is 12.8. The average Bonchev–Trinajstić information content (AvgIpc) is 3.16. The molecule has 1 aromatic carbocycles. The molecule has 1 aliphatic rings. The van der Waals surface area contributed by atoms with E-state index in [0.717, 1.165) is 31.1 Å². The Bertz CT molecular complexity index is 1130. The Kier molecular flexibility index (Phi) is 7.96. The van der Waals surface area contributed by atoms with Crippen molar-refractivity contribution in [2.75, 3.05) is 0 Å². The van der Waals surface area contributed by atoms with E-state index in [1.807, 2.05) is 20.8 Å². The molecule has 0 bridgehead atoms. The molecule has 0 radical (unpaired) electrons. The zero-order valence-electron chi connectivity index (χ0n) is 21.8. The fourth-order valence-electron chi connectivity index (χ4n) is 4.00. The first-order valence-electron chi connectivity index (χ1n) is 12.2. The van der Waals surface area contributed by atoms with Crippen molar-refractivity contribution in [2.45, 2.75) is 90.5 Å². The number of amides is 3. The van der Waals surface area contributed by atoms with Gasteiger partial charge in [0.05, 0.1) is 0 Å². The number of hydrogen-bond acceptors (Lipinski definition) is 6. The fraction of sp³-hybridized carbons (Fsp3) is 0.538. The van der Waals surface area contributed by atoms with Crippen LogP contribution in [-0.2, 0) is 9.47 Å². The highest BCUT2D eigenvalue weighted by Crippen LogP contribution is 2.21. The number of H-pyrrole nitrogens is 1. The number of fused-ring (bicyclic) bond motifs is 1. The second-order valence-electron chi connectivity index (χ2n) is 11.2. The van der Waals surface area contributed by atoms with Gasteiger partial charge in [0.2, 0.25) is 0 Å². The third-order valence-corrected chi connectivity index (χ3v) is 5.56. The molecule has 0 saturated heterocycles. The van der Waals surface area contributed by atoms with Crippen molar-refractivity contribution in [1.82, 2.24) is 20.9 Å². The Morgan fingerprint density at radius 2 is 1.42 bits per heavy atom. The number of benzene rings is 1. The van der Waals surface area contributed by atoms with E-state index in [1.165, 1.54) is 0 Å². The fourth-order valence-corrected chi connectivity index (χ4v) is 4.00. The number of aromatic amines is 1. The molecule has 1 aliphatic carbocycles. The highest BCUT2D eigenvalue weighted by atomic mass is 16.6. The molecule has 1 saturated carbocycles. The van der Waals surface area contributed by atoms with Crippen LogP contribution in [0.1, 0.15) is 83.3 Å². The molecular weight excluding hydrogens is 462 g/mol. The molecule has 10 heteroatoms. The van der Waals surface area contributed by atoms with Gasteiger partial charge in [-0.15, -0.1) is 0 Å². The van der Waals surface area contributed by atoms with Crippen molar-refractivity contribution in [2.24, 2.45) is 0 Å². The van der Waals surface area contributed by atoms with Crippen molar-refractivity contribution in [3.05, 3.63) is 35.5 Å². The van der Waals surface area contributed by atoms with Gasteiger partial charge in [-0.25, -0.2) is 9.59 Å². The van der Waals surface area contributed by atoms with Crippen LogP contribution >= 0.6 is 0 Å². The Hall–Kier alpha value is -3.56. The molecule has 0 aliphatic heterocycles. The zero-order chi connectivity index (χ0) is 26.7. The highest BCUT2D eigenvalue weighted by Gasteiger charge is 2.26. The molecule has 36 heavy (non-hydrogen) atoms. The molecule has 0 spiro atoms. The summed E-state index contributed by atoms with van der Waals surface area (Å²) in [5.41, 5.74) is 0.383. The van der Waals surface area contributed by atoms with Crippen LogP contribution in [0.5, 0.6) is 0 Å². The number of hydrogen-bond donors (Lipinski definition) is 5. The van der Waals surface area contributed by atoms with E-state index < -0.39 is 23.4 Å².